The average molecular weight is 120 g/mol. The summed E-state index contributed by atoms with van der Waals surface area (Å²) in [5.74, 6) is 0. The summed E-state index contributed by atoms with van der Waals surface area (Å²) in [5.41, 5.74) is 3.98. The van der Waals surface area contributed by atoms with Crippen LogP contribution < -0.4 is 0 Å². The first-order valence-electron chi connectivity index (χ1n) is 3.32. The smallest absolute Gasteiger partial charge is 0.0294 e. The Labute approximate surface area is 56.6 Å². The van der Waals surface area contributed by atoms with E-state index in [1.165, 1.54) is 16.7 Å². The molecule has 1 rings (SSSR count). The number of allylic oxidation sites excluding steroid dienone is 5. The molecule has 0 unspecified atom stereocenters. The van der Waals surface area contributed by atoms with Gasteiger partial charge in [0, 0.05) is 0 Å². The van der Waals surface area contributed by atoms with Crippen molar-refractivity contribution in [3.05, 3.63) is 35.5 Å². The van der Waals surface area contributed by atoms with Crippen LogP contribution in [0.3, 0.4) is 0 Å². The SMILES string of the molecule is C=C1C=CC(C)=C1CC. The molecule has 0 spiro atoms. The van der Waals surface area contributed by atoms with E-state index in [0.29, 0.717) is 0 Å². The zero-order valence-corrected chi connectivity index (χ0v) is 6.07. The van der Waals surface area contributed by atoms with Gasteiger partial charge in [-0.3, -0.25) is 0 Å². The van der Waals surface area contributed by atoms with Gasteiger partial charge in [-0.25, -0.2) is 0 Å². The van der Waals surface area contributed by atoms with Gasteiger partial charge in [-0.2, -0.15) is 0 Å². The predicted molar refractivity (Wildman–Crippen MR) is 41.3 cm³/mol. The Kier molecular flexibility index (Phi) is 1.56. The largest absolute Gasteiger partial charge is 0.0915 e. The standard InChI is InChI=1S/C9H12/c1-4-9-7(2)5-6-8(9)3/h5-6H,2,4H2,1,3H3. The third-order valence-electron chi connectivity index (χ3n) is 1.75. The van der Waals surface area contributed by atoms with Crippen molar-refractivity contribution < 1.29 is 0 Å². The van der Waals surface area contributed by atoms with Crippen LogP contribution in [0.2, 0.25) is 0 Å². The molecule has 0 bridgehead atoms. The minimum Gasteiger partial charge on any atom is -0.0915 e. The molecule has 9 heavy (non-hydrogen) atoms. The normalized spacial score (nSPS) is 17.8. The van der Waals surface area contributed by atoms with E-state index in [0.717, 1.165) is 6.42 Å². The number of rotatable bonds is 1. The van der Waals surface area contributed by atoms with Gasteiger partial charge in [0.1, 0.15) is 0 Å². The second-order valence-corrected chi connectivity index (χ2v) is 2.37. The highest BCUT2D eigenvalue weighted by Gasteiger charge is 2.05. The first-order valence-corrected chi connectivity index (χ1v) is 3.32. The van der Waals surface area contributed by atoms with Crippen molar-refractivity contribution in [1.82, 2.24) is 0 Å². The zero-order valence-electron chi connectivity index (χ0n) is 6.07. The molecule has 0 N–H and O–H groups in total. The van der Waals surface area contributed by atoms with Crippen LogP contribution in [-0.4, -0.2) is 0 Å². The highest BCUT2D eigenvalue weighted by Crippen LogP contribution is 2.24. The van der Waals surface area contributed by atoms with E-state index >= 15 is 0 Å². The summed E-state index contributed by atoms with van der Waals surface area (Å²) >= 11 is 0. The highest BCUT2D eigenvalue weighted by molar-refractivity contribution is 5.50. The van der Waals surface area contributed by atoms with Gasteiger partial charge in [0.15, 0.2) is 0 Å². The monoisotopic (exact) mass is 120 g/mol. The Morgan fingerprint density at radius 3 is 2.33 bits per heavy atom. The molecule has 0 radical (unpaired) electrons. The van der Waals surface area contributed by atoms with E-state index in [1.54, 1.807) is 0 Å². The third kappa shape index (κ3) is 0.973. The average Bonchev–Trinajstić information content (AvgIpc) is 2.12. The van der Waals surface area contributed by atoms with Crippen LogP contribution >= 0.6 is 0 Å². The van der Waals surface area contributed by atoms with Crippen LogP contribution in [0.4, 0.5) is 0 Å². The lowest BCUT2D eigenvalue weighted by molar-refractivity contribution is 1.11. The quantitative estimate of drug-likeness (QED) is 0.499. The first-order chi connectivity index (χ1) is 4.25. The van der Waals surface area contributed by atoms with Gasteiger partial charge in [0.2, 0.25) is 0 Å². The Balaban J connectivity index is 2.92. The van der Waals surface area contributed by atoms with E-state index in [-0.39, 0.29) is 0 Å². The lowest BCUT2D eigenvalue weighted by Gasteiger charge is -1.98. The van der Waals surface area contributed by atoms with Gasteiger partial charge in [-0.15, -0.1) is 0 Å². The zero-order chi connectivity index (χ0) is 6.85. The molecule has 48 valence electrons. The third-order valence-corrected chi connectivity index (χ3v) is 1.75. The predicted octanol–water partition coefficient (Wildman–Crippen LogP) is 2.84. The van der Waals surface area contributed by atoms with Crippen LogP contribution in [0, 0.1) is 0 Å². The minimum atomic E-state index is 1.11. The van der Waals surface area contributed by atoms with Crippen LogP contribution in [0.25, 0.3) is 0 Å². The lowest BCUT2D eigenvalue weighted by atomic mass is 10.1. The Hall–Kier alpha value is -0.780. The van der Waals surface area contributed by atoms with Crippen LogP contribution in [0.1, 0.15) is 20.3 Å². The molecule has 0 fully saturated rings. The first kappa shape index (κ1) is 6.34. The van der Waals surface area contributed by atoms with Crippen molar-refractivity contribution in [2.45, 2.75) is 20.3 Å². The molecule has 0 aromatic carbocycles. The maximum atomic E-state index is 3.91. The fourth-order valence-electron chi connectivity index (χ4n) is 1.19. The summed E-state index contributed by atoms with van der Waals surface area (Å²) in [7, 11) is 0. The molecule has 0 aromatic heterocycles. The Bertz CT molecular complexity index is 192. The van der Waals surface area contributed by atoms with Gasteiger partial charge in [0.25, 0.3) is 0 Å². The second-order valence-electron chi connectivity index (χ2n) is 2.37. The summed E-state index contributed by atoms with van der Waals surface area (Å²) < 4.78 is 0. The van der Waals surface area contributed by atoms with Crippen molar-refractivity contribution in [2.75, 3.05) is 0 Å². The molecule has 0 amide bonds. The lowest BCUT2D eigenvalue weighted by Crippen LogP contribution is -1.79. The molecule has 0 heterocycles. The Morgan fingerprint density at radius 1 is 1.44 bits per heavy atom. The van der Waals surface area contributed by atoms with E-state index in [9.17, 15) is 0 Å². The van der Waals surface area contributed by atoms with Crippen LogP contribution in [-0.2, 0) is 0 Å². The highest BCUT2D eigenvalue weighted by atomic mass is 14.1. The van der Waals surface area contributed by atoms with Crippen molar-refractivity contribution in [3.63, 3.8) is 0 Å². The fourth-order valence-corrected chi connectivity index (χ4v) is 1.19. The summed E-state index contributed by atoms with van der Waals surface area (Å²) in [6.45, 7) is 8.21. The van der Waals surface area contributed by atoms with E-state index in [4.69, 9.17) is 0 Å². The number of hydrogen-bond acceptors (Lipinski definition) is 0. The summed E-state index contributed by atoms with van der Waals surface area (Å²) in [6, 6.07) is 0. The molecule has 0 aliphatic heterocycles. The Morgan fingerprint density at radius 2 is 2.11 bits per heavy atom. The van der Waals surface area contributed by atoms with E-state index in [2.05, 4.69) is 32.6 Å². The molecular formula is C9H12. The van der Waals surface area contributed by atoms with Gasteiger partial charge in [-0.1, -0.05) is 25.7 Å². The molecule has 1 aliphatic rings. The molecule has 0 saturated heterocycles. The van der Waals surface area contributed by atoms with Gasteiger partial charge >= 0.3 is 0 Å². The molecule has 0 nitrogen and oxygen atoms in total. The van der Waals surface area contributed by atoms with Crippen LogP contribution in [0.5, 0.6) is 0 Å². The minimum absolute atomic E-state index is 1.11. The van der Waals surface area contributed by atoms with Gasteiger partial charge < -0.3 is 0 Å². The molecule has 1 aliphatic carbocycles. The summed E-state index contributed by atoms with van der Waals surface area (Å²) in [6.07, 6.45) is 5.31. The molecule has 0 saturated carbocycles. The summed E-state index contributed by atoms with van der Waals surface area (Å²) in [4.78, 5) is 0. The molecule has 0 heteroatoms. The van der Waals surface area contributed by atoms with Crippen molar-refractivity contribution in [3.8, 4) is 0 Å². The maximum Gasteiger partial charge on any atom is -0.0294 e. The van der Waals surface area contributed by atoms with E-state index < -0.39 is 0 Å². The van der Waals surface area contributed by atoms with Crippen molar-refractivity contribution >= 4 is 0 Å². The van der Waals surface area contributed by atoms with Crippen LogP contribution in [0.15, 0.2) is 35.5 Å². The maximum absolute atomic E-state index is 3.91. The van der Waals surface area contributed by atoms with Gasteiger partial charge in [0.05, 0.1) is 0 Å². The number of hydrogen-bond donors (Lipinski definition) is 0. The molecular weight excluding hydrogens is 108 g/mol. The topological polar surface area (TPSA) is 0 Å². The second kappa shape index (κ2) is 2.22. The van der Waals surface area contributed by atoms with Gasteiger partial charge in [-0.05, 0) is 30.1 Å². The molecule has 0 atom stereocenters. The van der Waals surface area contributed by atoms with Crippen molar-refractivity contribution in [2.24, 2.45) is 0 Å². The summed E-state index contributed by atoms with van der Waals surface area (Å²) in [5, 5.41) is 0. The molecule has 0 aromatic rings. The fraction of sp³-hybridized carbons (Fsp3) is 0.333. The van der Waals surface area contributed by atoms with Crippen molar-refractivity contribution in [1.29, 1.82) is 0 Å². The van der Waals surface area contributed by atoms with E-state index in [1.807, 2.05) is 0 Å².